The number of carbonyl (C=O) groups is 1. The number of hydrogen-bond donors (Lipinski definition) is 3. The number of piperidine rings is 1. The second-order valence-electron chi connectivity index (χ2n) is 7.90. The highest BCUT2D eigenvalue weighted by molar-refractivity contribution is 5.82. The van der Waals surface area contributed by atoms with Crippen LogP contribution in [0.1, 0.15) is 45.4 Å². The molecule has 124 valence electrons. The molecule has 5 heteroatoms. The van der Waals surface area contributed by atoms with Gasteiger partial charge in [-0.3, -0.25) is 9.69 Å². The first kappa shape index (κ1) is 14.9. The summed E-state index contributed by atoms with van der Waals surface area (Å²) < 4.78 is 0. The zero-order valence-corrected chi connectivity index (χ0v) is 13.7. The van der Waals surface area contributed by atoms with Crippen LogP contribution in [-0.4, -0.2) is 54.7 Å². The third kappa shape index (κ3) is 2.79. The molecule has 4 aliphatic rings. The summed E-state index contributed by atoms with van der Waals surface area (Å²) in [6.07, 6.45) is 7.82. The minimum Gasteiger partial charge on any atom is -0.351 e. The van der Waals surface area contributed by atoms with Crippen LogP contribution in [-0.2, 0) is 4.79 Å². The van der Waals surface area contributed by atoms with E-state index < -0.39 is 0 Å². The van der Waals surface area contributed by atoms with Crippen LogP contribution >= 0.6 is 0 Å². The van der Waals surface area contributed by atoms with Gasteiger partial charge in [-0.1, -0.05) is 13.3 Å². The minimum atomic E-state index is 0.0463. The molecule has 0 aromatic rings. The summed E-state index contributed by atoms with van der Waals surface area (Å²) in [6, 6.07) is 0.957. The number of rotatable bonds is 2. The average molecular weight is 306 g/mol. The molecule has 4 rings (SSSR count). The summed E-state index contributed by atoms with van der Waals surface area (Å²) in [6.45, 7) is 5.57. The molecule has 0 radical (unpaired) electrons. The molecule has 1 aliphatic carbocycles. The topological polar surface area (TPSA) is 56.4 Å². The molecule has 0 aromatic heterocycles. The molecule has 3 saturated heterocycles. The van der Waals surface area contributed by atoms with E-state index in [-0.39, 0.29) is 11.9 Å². The van der Waals surface area contributed by atoms with Crippen molar-refractivity contribution >= 4 is 5.91 Å². The van der Waals surface area contributed by atoms with E-state index in [0.717, 1.165) is 50.7 Å². The van der Waals surface area contributed by atoms with E-state index in [0.29, 0.717) is 18.2 Å². The monoisotopic (exact) mass is 306 g/mol. The smallest absolute Gasteiger partial charge is 0.237 e. The van der Waals surface area contributed by atoms with Crippen LogP contribution in [0, 0.1) is 11.8 Å². The van der Waals surface area contributed by atoms with E-state index in [1.165, 1.54) is 19.3 Å². The van der Waals surface area contributed by atoms with Gasteiger partial charge in [0.1, 0.15) is 0 Å². The minimum absolute atomic E-state index is 0.0463. The Labute approximate surface area is 133 Å². The van der Waals surface area contributed by atoms with Crippen LogP contribution < -0.4 is 16.0 Å². The number of nitrogens with zero attached hydrogens (tertiary/aromatic N) is 1. The van der Waals surface area contributed by atoms with Crippen LogP contribution in [0.2, 0.25) is 0 Å². The molecule has 0 bridgehead atoms. The van der Waals surface area contributed by atoms with Gasteiger partial charge in [-0.05, 0) is 43.9 Å². The fourth-order valence-electron chi connectivity index (χ4n) is 5.19. The lowest BCUT2D eigenvalue weighted by atomic mass is 9.78. The standard InChI is InChI=1S/C17H30N4O/c1-11-3-2-4-12-9-14(20-16(11)12)17(22)19-13-5-6-15-18-7-8-21(15)10-13/h11-16,18,20H,2-10H2,1H3,(H,19,22). The maximum Gasteiger partial charge on any atom is 0.237 e. The first-order valence-corrected chi connectivity index (χ1v) is 9.24. The fourth-order valence-corrected chi connectivity index (χ4v) is 5.19. The van der Waals surface area contributed by atoms with Crippen LogP contribution in [0.5, 0.6) is 0 Å². The van der Waals surface area contributed by atoms with Gasteiger partial charge in [0, 0.05) is 31.7 Å². The van der Waals surface area contributed by atoms with Crippen molar-refractivity contribution in [3.05, 3.63) is 0 Å². The Morgan fingerprint density at radius 3 is 3.00 bits per heavy atom. The van der Waals surface area contributed by atoms with Gasteiger partial charge in [0.05, 0.1) is 12.2 Å². The molecule has 3 aliphatic heterocycles. The lowest BCUT2D eigenvalue weighted by Crippen LogP contribution is -2.54. The summed E-state index contributed by atoms with van der Waals surface area (Å²) >= 11 is 0. The Morgan fingerprint density at radius 1 is 1.23 bits per heavy atom. The van der Waals surface area contributed by atoms with Gasteiger partial charge in [-0.2, -0.15) is 0 Å². The maximum atomic E-state index is 12.6. The second-order valence-corrected chi connectivity index (χ2v) is 7.90. The first-order chi connectivity index (χ1) is 10.7. The van der Waals surface area contributed by atoms with Gasteiger partial charge in [-0.15, -0.1) is 0 Å². The molecule has 0 aromatic carbocycles. The third-order valence-corrected chi connectivity index (χ3v) is 6.41. The largest absolute Gasteiger partial charge is 0.351 e. The SMILES string of the molecule is CC1CCCC2CC(C(=O)NC3CCC4NCCN4C3)NC12. The molecular formula is C17H30N4O. The highest BCUT2D eigenvalue weighted by Gasteiger charge is 2.42. The summed E-state index contributed by atoms with van der Waals surface area (Å²) in [5, 5.41) is 10.5. The predicted octanol–water partition coefficient (Wildman–Crippen LogP) is 0.663. The van der Waals surface area contributed by atoms with E-state index in [4.69, 9.17) is 0 Å². The lowest BCUT2D eigenvalue weighted by Gasteiger charge is -2.35. The van der Waals surface area contributed by atoms with E-state index in [1.54, 1.807) is 0 Å². The Bertz CT molecular complexity index is 429. The van der Waals surface area contributed by atoms with Crippen molar-refractivity contribution in [2.75, 3.05) is 19.6 Å². The summed E-state index contributed by atoms with van der Waals surface area (Å²) in [7, 11) is 0. The average Bonchev–Trinajstić information content (AvgIpc) is 3.13. The zero-order valence-electron chi connectivity index (χ0n) is 13.7. The van der Waals surface area contributed by atoms with Crippen molar-refractivity contribution in [3.8, 4) is 0 Å². The molecule has 3 heterocycles. The summed E-state index contributed by atoms with van der Waals surface area (Å²) in [5.41, 5.74) is 0. The van der Waals surface area contributed by atoms with Crippen molar-refractivity contribution in [1.82, 2.24) is 20.9 Å². The Hall–Kier alpha value is -0.650. The number of hydrogen-bond acceptors (Lipinski definition) is 4. The van der Waals surface area contributed by atoms with Crippen LogP contribution in [0.15, 0.2) is 0 Å². The first-order valence-electron chi connectivity index (χ1n) is 9.24. The number of carbonyl (C=O) groups excluding carboxylic acids is 1. The number of amides is 1. The van der Waals surface area contributed by atoms with E-state index in [1.807, 2.05) is 0 Å². The molecule has 5 nitrogen and oxygen atoms in total. The van der Waals surface area contributed by atoms with Crippen molar-refractivity contribution in [2.45, 2.75) is 69.7 Å². The van der Waals surface area contributed by atoms with E-state index in [9.17, 15) is 4.79 Å². The molecule has 6 unspecified atom stereocenters. The van der Waals surface area contributed by atoms with Gasteiger partial charge in [0.2, 0.25) is 5.91 Å². The van der Waals surface area contributed by atoms with Gasteiger partial charge >= 0.3 is 0 Å². The zero-order chi connectivity index (χ0) is 15.1. The van der Waals surface area contributed by atoms with Gasteiger partial charge in [-0.25, -0.2) is 0 Å². The second kappa shape index (κ2) is 6.10. The van der Waals surface area contributed by atoms with Crippen molar-refractivity contribution < 1.29 is 4.79 Å². The molecule has 4 fully saturated rings. The van der Waals surface area contributed by atoms with E-state index in [2.05, 4.69) is 27.8 Å². The van der Waals surface area contributed by atoms with Crippen molar-refractivity contribution in [2.24, 2.45) is 11.8 Å². The predicted molar refractivity (Wildman–Crippen MR) is 86.4 cm³/mol. The third-order valence-electron chi connectivity index (χ3n) is 6.41. The number of nitrogens with one attached hydrogen (secondary N) is 3. The van der Waals surface area contributed by atoms with E-state index >= 15 is 0 Å². The quantitative estimate of drug-likeness (QED) is 0.702. The molecule has 0 spiro atoms. The normalized spacial score (nSPS) is 45.3. The lowest BCUT2D eigenvalue weighted by molar-refractivity contribution is -0.124. The molecule has 1 saturated carbocycles. The van der Waals surface area contributed by atoms with Crippen LogP contribution in [0.3, 0.4) is 0 Å². The summed E-state index contributed by atoms with van der Waals surface area (Å²) in [5.74, 6) is 1.69. The fraction of sp³-hybridized carbons (Fsp3) is 0.941. The number of fused-ring (bicyclic) bond motifs is 2. The molecule has 6 atom stereocenters. The van der Waals surface area contributed by atoms with Crippen LogP contribution in [0.25, 0.3) is 0 Å². The van der Waals surface area contributed by atoms with Crippen molar-refractivity contribution in [3.63, 3.8) is 0 Å². The highest BCUT2D eigenvalue weighted by atomic mass is 16.2. The van der Waals surface area contributed by atoms with Crippen LogP contribution in [0.4, 0.5) is 0 Å². The van der Waals surface area contributed by atoms with Gasteiger partial charge < -0.3 is 16.0 Å². The van der Waals surface area contributed by atoms with Gasteiger partial charge in [0.25, 0.3) is 0 Å². The van der Waals surface area contributed by atoms with Crippen molar-refractivity contribution in [1.29, 1.82) is 0 Å². The Kier molecular flexibility index (Phi) is 4.13. The Morgan fingerprint density at radius 2 is 2.14 bits per heavy atom. The molecular weight excluding hydrogens is 276 g/mol. The van der Waals surface area contributed by atoms with Gasteiger partial charge in [0.15, 0.2) is 0 Å². The maximum absolute atomic E-state index is 12.6. The Balaban J connectivity index is 1.31. The molecule has 3 N–H and O–H groups in total. The highest BCUT2D eigenvalue weighted by Crippen LogP contribution is 2.36. The summed E-state index contributed by atoms with van der Waals surface area (Å²) in [4.78, 5) is 15.1. The molecule has 22 heavy (non-hydrogen) atoms. The molecule has 1 amide bonds.